The van der Waals surface area contributed by atoms with Crippen molar-refractivity contribution in [2.45, 2.75) is 13.3 Å². The Morgan fingerprint density at radius 1 is 1.03 bits per heavy atom. The van der Waals surface area contributed by atoms with Crippen molar-refractivity contribution in [1.82, 2.24) is 0 Å². The van der Waals surface area contributed by atoms with E-state index in [1.807, 2.05) is 43.3 Å². The average molecular weight is 390 g/mol. The maximum atomic E-state index is 12.7. The molecule has 3 aromatic rings. The van der Waals surface area contributed by atoms with E-state index in [1.165, 1.54) is 0 Å². The fourth-order valence-electron chi connectivity index (χ4n) is 3.84. The summed E-state index contributed by atoms with van der Waals surface area (Å²) in [5.74, 6) is 1.06. The van der Waals surface area contributed by atoms with Crippen molar-refractivity contribution in [2.24, 2.45) is 0 Å². The van der Waals surface area contributed by atoms with Crippen molar-refractivity contribution in [3.8, 4) is 11.5 Å². The van der Waals surface area contributed by atoms with E-state index in [0.29, 0.717) is 29.3 Å². The first-order chi connectivity index (χ1) is 14.1. The third kappa shape index (κ3) is 3.16. The van der Waals surface area contributed by atoms with Gasteiger partial charge in [0, 0.05) is 28.6 Å². The van der Waals surface area contributed by atoms with Gasteiger partial charge in [-0.25, -0.2) is 0 Å². The highest BCUT2D eigenvalue weighted by atomic mass is 16.5. The molecule has 1 aliphatic rings. The van der Waals surface area contributed by atoms with Crippen molar-refractivity contribution in [2.75, 3.05) is 31.0 Å². The lowest BCUT2D eigenvalue weighted by Gasteiger charge is -2.15. The van der Waals surface area contributed by atoms with Crippen LogP contribution in [0.4, 0.5) is 11.4 Å². The summed E-state index contributed by atoms with van der Waals surface area (Å²) in [6.45, 7) is 2.56. The van der Waals surface area contributed by atoms with Crippen LogP contribution in [0.25, 0.3) is 10.8 Å². The maximum absolute atomic E-state index is 12.7. The minimum Gasteiger partial charge on any atom is -0.493 e. The number of nitrogens with one attached hydrogen (secondary N) is 1. The van der Waals surface area contributed by atoms with Crippen LogP contribution in [0.15, 0.2) is 48.5 Å². The third-order valence-electron chi connectivity index (χ3n) is 5.19. The molecule has 0 saturated heterocycles. The van der Waals surface area contributed by atoms with Crippen molar-refractivity contribution in [3.05, 3.63) is 59.7 Å². The largest absolute Gasteiger partial charge is 0.493 e. The highest BCUT2D eigenvalue weighted by molar-refractivity contribution is 6.27. The molecule has 0 atom stereocenters. The SMILES string of the molecule is CCN1C(=O)c2cccc3c(NC(=O)Cc4ccc(OC)c(OC)c4)ccc1c23. The molecule has 2 amide bonds. The Labute approximate surface area is 169 Å². The summed E-state index contributed by atoms with van der Waals surface area (Å²) >= 11 is 0. The Hall–Kier alpha value is -3.54. The lowest BCUT2D eigenvalue weighted by atomic mass is 10.0. The van der Waals surface area contributed by atoms with Gasteiger partial charge in [-0.3, -0.25) is 9.59 Å². The van der Waals surface area contributed by atoms with E-state index in [1.54, 1.807) is 31.3 Å². The molecule has 0 radical (unpaired) electrons. The normalized spacial score (nSPS) is 12.4. The minimum absolute atomic E-state index is 0.00176. The van der Waals surface area contributed by atoms with Gasteiger partial charge in [-0.1, -0.05) is 18.2 Å². The smallest absolute Gasteiger partial charge is 0.258 e. The number of carbonyl (C=O) groups excluding carboxylic acids is 2. The molecule has 29 heavy (non-hydrogen) atoms. The van der Waals surface area contributed by atoms with Gasteiger partial charge in [0.1, 0.15) is 0 Å². The fourth-order valence-corrected chi connectivity index (χ4v) is 3.84. The van der Waals surface area contributed by atoms with Gasteiger partial charge in [-0.2, -0.15) is 0 Å². The summed E-state index contributed by atoms with van der Waals surface area (Å²) in [5, 5.41) is 4.75. The highest BCUT2D eigenvalue weighted by Gasteiger charge is 2.29. The number of amides is 2. The predicted molar refractivity (Wildman–Crippen MR) is 113 cm³/mol. The molecule has 1 N–H and O–H groups in total. The number of carbonyl (C=O) groups is 2. The summed E-state index contributed by atoms with van der Waals surface area (Å²) in [5.41, 5.74) is 3.08. The second-order valence-corrected chi connectivity index (χ2v) is 6.82. The van der Waals surface area contributed by atoms with Gasteiger partial charge < -0.3 is 19.7 Å². The fraction of sp³-hybridized carbons (Fsp3) is 0.217. The number of hydrogen-bond donors (Lipinski definition) is 1. The van der Waals surface area contributed by atoms with E-state index >= 15 is 0 Å². The molecule has 1 heterocycles. The second kappa shape index (κ2) is 7.47. The number of benzene rings is 3. The minimum atomic E-state index is -0.144. The Kier molecular flexibility index (Phi) is 4.84. The number of rotatable bonds is 6. The molecule has 4 rings (SSSR count). The van der Waals surface area contributed by atoms with Gasteiger partial charge in [-0.15, -0.1) is 0 Å². The first kappa shape index (κ1) is 18.8. The quantitative estimate of drug-likeness (QED) is 0.690. The second-order valence-electron chi connectivity index (χ2n) is 6.82. The van der Waals surface area contributed by atoms with Gasteiger partial charge in [0.05, 0.1) is 26.3 Å². The van der Waals surface area contributed by atoms with Gasteiger partial charge >= 0.3 is 0 Å². The third-order valence-corrected chi connectivity index (χ3v) is 5.19. The van der Waals surface area contributed by atoms with Crippen LogP contribution in [0.5, 0.6) is 11.5 Å². The van der Waals surface area contributed by atoms with Gasteiger partial charge in [0.25, 0.3) is 5.91 Å². The van der Waals surface area contributed by atoms with E-state index < -0.39 is 0 Å². The molecule has 148 valence electrons. The number of ether oxygens (including phenoxy) is 2. The van der Waals surface area contributed by atoms with Crippen LogP contribution in [0.3, 0.4) is 0 Å². The Morgan fingerprint density at radius 3 is 2.55 bits per heavy atom. The number of methoxy groups -OCH3 is 2. The van der Waals surface area contributed by atoms with Crippen LogP contribution in [0.2, 0.25) is 0 Å². The number of nitrogens with zero attached hydrogens (tertiary/aromatic N) is 1. The van der Waals surface area contributed by atoms with Crippen LogP contribution >= 0.6 is 0 Å². The topological polar surface area (TPSA) is 67.9 Å². The molecule has 0 saturated carbocycles. The number of hydrogen-bond acceptors (Lipinski definition) is 4. The van der Waals surface area contributed by atoms with Gasteiger partial charge in [0.15, 0.2) is 11.5 Å². The first-order valence-electron chi connectivity index (χ1n) is 9.45. The van der Waals surface area contributed by atoms with Crippen molar-refractivity contribution >= 4 is 34.0 Å². The van der Waals surface area contributed by atoms with Crippen molar-refractivity contribution in [3.63, 3.8) is 0 Å². The molecule has 0 fully saturated rings. The van der Waals surface area contributed by atoms with E-state index in [-0.39, 0.29) is 18.2 Å². The first-order valence-corrected chi connectivity index (χ1v) is 9.45. The van der Waals surface area contributed by atoms with E-state index in [4.69, 9.17) is 9.47 Å². The lowest BCUT2D eigenvalue weighted by molar-refractivity contribution is -0.115. The molecule has 3 aromatic carbocycles. The van der Waals surface area contributed by atoms with Crippen LogP contribution in [0.1, 0.15) is 22.8 Å². The van der Waals surface area contributed by atoms with Crippen molar-refractivity contribution in [1.29, 1.82) is 0 Å². The molecule has 0 unspecified atom stereocenters. The zero-order chi connectivity index (χ0) is 20.5. The average Bonchev–Trinajstić information content (AvgIpc) is 3.02. The van der Waals surface area contributed by atoms with Gasteiger partial charge in [-0.05, 0) is 42.8 Å². The van der Waals surface area contributed by atoms with Crippen LogP contribution < -0.4 is 19.7 Å². The van der Waals surface area contributed by atoms with E-state index in [0.717, 1.165) is 22.0 Å². The van der Waals surface area contributed by atoms with Crippen LogP contribution in [-0.4, -0.2) is 32.6 Å². The van der Waals surface area contributed by atoms with Crippen LogP contribution in [0, 0.1) is 0 Å². The zero-order valence-electron chi connectivity index (χ0n) is 16.6. The van der Waals surface area contributed by atoms with E-state index in [2.05, 4.69) is 5.32 Å². The summed E-state index contributed by atoms with van der Waals surface area (Å²) < 4.78 is 10.5. The monoisotopic (exact) mass is 390 g/mol. The molecule has 6 nitrogen and oxygen atoms in total. The Balaban J connectivity index is 1.62. The summed E-state index contributed by atoms with van der Waals surface area (Å²) in [6, 6.07) is 14.8. The molecule has 0 bridgehead atoms. The predicted octanol–water partition coefficient (Wildman–Crippen LogP) is 4.02. The molecular weight excluding hydrogens is 368 g/mol. The molecule has 6 heteroatoms. The standard InChI is InChI=1S/C23H22N2O4/c1-4-25-18-10-9-17(15-6-5-7-16(22(15)18)23(25)27)24-21(26)13-14-8-11-19(28-2)20(12-14)29-3/h5-12H,4,13H2,1-3H3,(H,24,26). The van der Waals surface area contributed by atoms with E-state index in [9.17, 15) is 9.59 Å². The molecular formula is C23H22N2O4. The molecule has 0 aliphatic carbocycles. The summed E-state index contributed by atoms with van der Waals surface area (Å²) in [6.07, 6.45) is 0.198. The zero-order valence-corrected chi connectivity index (χ0v) is 16.6. The number of anilines is 2. The molecule has 0 aromatic heterocycles. The van der Waals surface area contributed by atoms with Gasteiger partial charge in [0.2, 0.25) is 5.91 Å². The molecule has 1 aliphatic heterocycles. The summed E-state index contributed by atoms with van der Waals surface area (Å²) in [4.78, 5) is 27.1. The van der Waals surface area contributed by atoms with Crippen molar-refractivity contribution < 1.29 is 19.1 Å². The lowest BCUT2D eigenvalue weighted by Crippen LogP contribution is -2.25. The van der Waals surface area contributed by atoms with Crippen LogP contribution in [-0.2, 0) is 11.2 Å². The highest BCUT2D eigenvalue weighted by Crippen LogP contribution is 2.40. The Morgan fingerprint density at radius 2 is 1.83 bits per heavy atom. The molecule has 0 spiro atoms. The maximum Gasteiger partial charge on any atom is 0.258 e. The summed E-state index contributed by atoms with van der Waals surface area (Å²) in [7, 11) is 3.14. The Bertz CT molecular complexity index is 1120.